The highest BCUT2D eigenvalue weighted by atomic mass is 16.6. The predicted molar refractivity (Wildman–Crippen MR) is 124 cm³/mol. The molecule has 1 unspecified atom stereocenters. The molecular formula is C23H32N4O7. The zero-order valence-corrected chi connectivity index (χ0v) is 19.9. The van der Waals surface area contributed by atoms with Gasteiger partial charge in [0.25, 0.3) is 0 Å². The average Bonchev–Trinajstić information content (AvgIpc) is 2.80. The second kappa shape index (κ2) is 13.2. The summed E-state index contributed by atoms with van der Waals surface area (Å²) >= 11 is 0. The Hall–Kier alpha value is -3.60. The molecule has 1 aliphatic rings. The van der Waals surface area contributed by atoms with E-state index < -0.39 is 24.0 Å². The van der Waals surface area contributed by atoms with Gasteiger partial charge in [0.1, 0.15) is 13.2 Å². The highest BCUT2D eigenvalue weighted by molar-refractivity contribution is 5.95. The van der Waals surface area contributed by atoms with Crippen LogP contribution in [0.2, 0.25) is 0 Å². The number of esters is 2. The van der Waals surface area contributed by atoms with Crippen LogP contribution < -0.4 is 16.0 Å². The zero-order chi connectivity index (χ0) is 25.1. The van der Waals surface area contributed by atoms with Crippen LogP contribution in [-0.4, -0.2) is 68.9 Å². The number of amides is 4. The molecular weight excluding hydrogens is 444 g/mol. The van der Waals surface area contributed by atoms with Gasteiger partial charge in [-0.05, 0) is 38.0 Å². The number of methoxy groups -OCH3 is 1. The van der Waals surface area contributed by atoms with Crippen molar-refractivity contribution in [3.05, 3.63) is 41.1 Å². The number of carbonyl (C=O) groups excluding carboxylic acids is 4. The van der Waals surface area contributed by atoms with E-state index in [0.29, 0.717) is 35.5 Å². The van der Waals surface area contributed by atoms with E-state index in [-0.39, 0.29) is 32.4 Å². The third kappa shape index (κ3) is 7.20. The van der Waals surface area contributed by atoms with E-state index >= 15 is 0 Å². The lowest BCUT2D eigenvalue weighted by atomic mass is 9.94. The van der Waals surface area contributed by atoms with Gasteiger partial charge in [0.2, 0.25) is 0 Å². The van der Waals surface area contributed by atoms with Crippen LogP contribution in [0.15, 0.2) is 35.5 Å². The molecule has 1 heterocycles. The van der Waals surface area contributed by atoms with E-state index in [4.69, 9.17) is 14.2 Å². The number of allylic oxidation sites excluding steroid dienone is 1. The summed E-state index contributed by atoms with van der Waals surface area (Å²) in [6, 6.07) is 5.00. The van der Waals surface area contributed by atoms with Gasteiger partial charge in [-0.2, -0.15) is 0 Å². The fourth-order valence-corrected chi connectivity index (χ4v) is 3.42. The van der Waals surface area contributed by atoms with Gasteiger partial charge < -0.3 is 30.2 Å². The molecule has 1 aliphatic heterocycles. The second-order valence-corrected chi connectivity index (χ2v) is 7.40. The standard InChI is InChI=1S/C23H32N4O7/c1-5-10-27-15(3)19(21(29)34-12-11-32-4)20(26-23(27)31)16-8-7-9-17(13-16)25-22(30)24-14-18(28)33-6-2/h7-9,13,20H,5-6,10-12,14H2,1-4H3,(H,26,31)(H2,24,25,30). The van der Waals surface area contributed by atoms with E-state index in [1.54, 1.807) is 38.1 Å². The molecule has 11 nitrogen and oxygen atoms in total. The van der Waals surface area contributed by atoms with Crippen molar-refractivity contribution in [2.45, 2.75) is 33.2 Å². The van der Waals surface area contributed by atoms with Crippen LogP contribution in [0.5, 0.6) is 0 Å². The summed E-state index contributed by atoms with van der Waals surface area (Å²) in [6.07, 6.45) is 0.710. The first-order valence-electron chi connectivity index (χ1n) is 11.1. The summed E-state index contributed by atoms with van der Waals surface area (Å²) in [4.78, 5) is 50.8. The van der Waals surface area contributed by atoms with E-state index in [9.17, 15) is 19.2 Å². The molecule has 0 fully saturated rings. The van der Waals surface area contributed by atoms with Gasteiger partial charge in [-0.15, -0.1) is 0 Å². The number of anilines is 1. The molecule has 1 aromatic rings. The second-order valence-electron chi connectivity index (χ2n) is 7.40. The van der Waals surface area contributed by atoms with E-state index in [1.165, 1.54) is 12.0 Å². The number of benzene rings is 1. The van der Waals surface area contributed by atoms with Crippen molar-refractivity contribution in [3.8, 4) is 0 Å². The van der Waals surface area contributed by atoms with Crippen molar-refractivity contribution in [2.24, 2.45) is 0 Å². The summed E-state index contributed by atoms with van der Waals surface area (Å²) in [6.45, 7) is 6.02. The molecule has 11 heteroatoms. The fraction of sp³-hybridized carbons (Fsp3) is 0.478. The molecule has 0 bridgehead atoms. The van der Waals surface area contributed by atoms with Gasteiger partial charge in [0.05, 0.1) is 24.8 Å². The molecule has 0 aliphatic carbocycles. The summed E-state index contributed by atoms with van der Waals surface area (Å²) in [7, 11) is 1.51. The Kier molecular flexibility index (Phi) is 10.3. The van der Waals surface area contributed by atoms with Gasteiger partial charge >= 0.3 is 24.0 Å². The highest BCUT2D eigenvalue weighted by Gasteiger charge is 2.36. The minimum Gasteiger partial charge on any atom is -0.465 e. The van der Waals surface area contributed by atoms with Crippen molar-refractivity contribution < 1.29 is 33.4 Å². The number of rotatable bonds is 11. The monoisotopic (exact) mass is 476 g/mol. The largest absolute Gasteiger partial charge is 0.465 e. The van der Waals surface area contributed by atoms with Crippen LogP contribution in [-0.2, 0) is 23.8 Å². The maximum Gasteiger partial charge on any atom is 0.338 e. The molecule has 1 aromatic carbocycles. The van der Waals surface area contributed by atoms with Gasteiger partial charge in [-0.1, -0.05) is 19.1 Å². The molecule has 1 atom stereocenters. The van der Waals surface area contributed by atoms with Crippen molar-refractivity contribution in [1.29, 1.82) is 0 Å². The number of hydrogen-bond acceptors (Lipinski definition) is 7. The van der Waals surface area contributed by atoms with E-state index in [0.717, 1.165) is 0 Å². The predicted octanol–water partition coefficient (Wildman–Crippen LogP) is 2.31. The first-order chi connectivity index (χ1) is 16.3. The maximum atomic E-state index is 13.0. The van der Waals surface area contributed by atoms with Crippen molar-refractivity contribution >= 4 is 29.7 Å². The van der Waals surface area contributed by atoms with Gasteiger partial charge in [0, 0.05) is 25.0 Å². The molecule has 0 radical (unpaired) electrons. The number of nitrogens with one attached hydrogen (secondary N) is 3. The Morgan fingerprint density at radius 1 is 1.15 bits per heavy atom. The molecule has 0 saturated carbocycles. The van der Waals surface area contributed by atoms with Gasteiger partial charge in [0.15, 0.2) is 0 Å². The number of urea groups is 2. The lowest BCUT2D eigenvalue weighted by Gasteiger charge is -2.35. The summed E-state index contributed by atoms with van der Waals surface area (Å²) < 4.78 is 15.1. The molecule has 4 amide bonds. The van der Waals surface area contributed by atoms with Crippen molar-refractivity contribution in [2.75, 3.05) is 45.3 Å². The minimum absolute atomic E-state index is 0.0722. The van der Waals surface area contributed by atoms with Crippen LogP contribution in [0.3, 0.4) is 0 Å². The Labute approximate surface area is 198 Å². The molecule has 0 spiro atoms. The highest BCUT2D eigenvalue weighted by Crippen LogP contribution is 2.32. The Morgan fingerprint density at radius 2 is 1.91 bits per heavy atom. The van der Waals surface area contributed by atoms with Gasteiger partial charge in [-0.25, -0.2) is 14.4 Å². The third-order valence-corrected chi connectivity index (χ3v) is 4.96. The van der Waals surface area contributed by atoms with E-state index in [1.807, 2.05) is 6.92 Å². The molecule has 0 aromatic heterocycles. The molecule has 3 N–H and O–H groups in total. The van der Waals surface area contributed by atoms with Crippen LogP contribution in [0, 0.1) is 0 Å². The molecule has 2 rings (SSSR count). The summed E-state index contributed by atoms with van der Waals surface area (Å²) in [5.74, 6) is -1.11. The van der Waals surface area contributed by atoms with Crippen molar-refractivity contribution in [1.82, 2.24) is 15.5 Å². The Bertz CT molecular complexity index is 932. The number of hydrogen-bond donors (Lipinski definition) is 3. The Balaban J connectivity index is 2.27. The zero-order valence-electron chi connectivity index (χ0n) is 19.9. The first kappa shape index (κ1) is 26.7. The maximum absolute atomic E-state index is 13.0. The normalized spacial score (nSPS) is 15.5. The fourth-order valence-electron chi connectivity index (χ4n) is 3.42. The Morgan fingerprint density at radius 3 is 2.59 bits per heavy atom. The van der Waals surface area contributed by atoms with Crippen LogP contribution in [0.1, 0.15) is 38.8 Å². The molecule has 186 valence electrons. The van der Waals surface area contributed by atoms with Crippen molar-refractivity contribution in [3.63, 3.8) is 0 Å². The van der Waals surface area contributed by atoms with Crippen LogP contribution >= 0.6 is 0 Å². The first-order valence-corrected chi connectivity index (χ1v) is 11.1. The quantitative estimate of drug-likeness (QED) is 0.329. The molecule has 34 heavy (non-hydrogen) atoms. The summed E-state index contributed by atoms with van der Waals surface area (Å²) in [5.41, 5.74) is 1.79. The minimum atomic E-state index is -0.778. The van der Waals surface area contributed by atoms with Gasteiger partial charge in [-0.3, -0.25) is 9.69 Å². The van der Waals surface area contributed by atoms with E-state index in [2.05, 4.69) is 16.0 Å². The lowest BCUT2D eigenvalue weighted by Crippen LogP contribution is -2.48. The number of nitrogens with zero attached hydrogens (tertiary/aromatic N) is 1. The SMILES string of the molecule is CCCN1C(=O)NC(c2cccc(NC(=O)NCC(=O)OCC)c2)C(C(=O)OCCOC)=C1C. The van der Waals surface area contributed by atoms with Crippen LogP contribution in [0.25, 0.3) is 0 Å². The lowest BCUT2D eigenvalue weighted by molar-refractivity contribution is -0.142. The number of carbonyl (C=O) groups is 4. The topological polar surface area (TPSA) is 135 Å². The molecule has 0 saturated heterocycles. The number of ether oxygens (including phenoxy) is 3. The summed E-state index contributed by atoms with van der Waals surface area (Å²) in [5, 5.41) is 7.90. The average molecular weight is 477 g/mol. The van der Waals surface area contributed by atoms with Crippen LogP contribution in [0.4, 0.5) is 15.3 Å². The third-order valence-electron chi connectivity index (χ3n) is 4.96. The smallest absolute Gasteiger partial charge is 0.338 e.